The van der Waals surface area contributed by atoms with Crippen LogP contribution in [-0.4, -0.2) is 43.7 Å². The molecule has 2 aliphatic heterocycles. The minimum atomic E-state index is -0.0944. The van der Waals surface area contributed by atoms with E-state index in [-0.39, 0.29) is 5.91 Å². The zero-order valence-electron chi connectivity index (χ0n) is 15.6. The smallest absolute Gasteiger partial charge is 0.250 e. The van der Waals surface area contributed by atoms with Gasteiger partial charge < -0.3 is 14.8 Å². The molecule has 1 fully saturated rings. The summed E-state index contributed by atoms with van der Waals surface area (Å²) >= 11 is 3.45. The molecule has 0 saturated carbocycles. The average Bonchev–Trinajstić information content (AvgIpc) is 2.73. The Morgan fingerprint density at radius 1 is 1.07 bits per heavy atom. The predicted octanol–water partition coefficient (Wildman–Crippen LogP) is 3.37. The lowest BCUT2D eigenvalue weighted by Gasteiger charge is -2.26. The van der Waals surface area contributed by atoms with Crippen molar-refractivity contribution in [1.82, 2.24) is 10.2 Å². The third-order valence-corrected chi connectivity index (χ3v) is 5.46. The van der Waals surface area contributed by atoms with Crippen LogP contribution in [-0.2, 0) is 22.6 Å². The molecule has 2 aromatic rings. The first-order valence-electron chi connectivity index (χ1n) is 9.46. The monoisotopic (exact) mass is 442 g/mol. The van der Waals surface area contributed by atoms with Gasteiger partial charge in [-0.15, -0.1) is 0 Å². The van der Waals surface area contributed by atoms with Crippen LogP contribution in [0.4, 0.5) is 0 Å². The second kappa shape index (κ2) is 8.90. The van der Waals surface area contributed by atoms with Gasteiger partial charge in [0.2, 0.25) is 0 Å². The van der Waals surface area contributed by atoms with Gasteiger partial charge >= 0.3 is 0 Å². The van der Waals surface area contributed by atoms with E-state index in [0.29, 0.717) is 18.7 Å². The molecule has 146 valence electrons. The van der Waals surface area contributed by atoms with Crippen LogP contribution in [0.3, 0.4) is 0 Å². The summed E-state index contributed by atoms with van der Waals surface area (Å²) < 4.78 is 12.0. The van der Waals surface area contributed by atoms with Crippen molar-refractivity contribution in [2.24, 2.45) is 0 Å². The van der Waals surface area contributed by atoms with Crippen LogP contribution in [0.15, 0.2) is 52.5 Å². The zero-order valence-corrected chi connectivity index (χ0v) is 17.2. The molecule has 0 aliphatic carbocycles. The van der Waals surface area contributed by atoms with Gasteiger partial charge in [0, 0.05) is 36.2 Å². The molecular formula is C22H23BrN2O3. The summed E-state index contributed by atoms with van der Waals surface area (Å²) in [5, 5.41) is 2.99. The molecule has 0 bridgehead atoms. The Labute approximate surface area is 173 Å². The summed E-state index contributed by atoms with van der Waals surface area (Å²) in [6.07, 6.45) is 1.89. The number of nitrogens with one attached hydrogen (secondary N) is 1. The molecule has 0 spiro atoms. The molecule has 2 heterocycles. The number of nitrogens with zero attached hydrogens (tertiary/aromatic N) is 1. The molecule has 2 aliphatic rings. The second-order valence-corrected chi connectivity index (χ2v) is 7.94. The number of fused-ring (bicyclic) bond motifs is 1. The summed E-state index contributed by atoms with van der Waals surface area (Å²) in [5.41, 5.74) is 3.91. The van der Waals surface area contributed by atoms with Gasteiger partial charge in [0.05, 0.1) is 18.8 Å². The van der Waals surface area contributed by atoms with E-state index < -0.39 is 0 Å². The van der Waals surface area contributed by atoms with Crippen molar-refractivity contribution < 1.29 is 14.3 Å². The maximum atomic E-state index is 12.5. The van der Waals surface area contributed by atoms with Crippen LogP contribution in [0.5, 0.6) is 5.75 Å². The lowest BCUT2D eigenvalue weighted by atomic mass is 10.1. The number of carbonyl (C=O) groups excluding carboxylic acids is 1. The summed E-state index contributed by atoms with van der Waals surface area (Å²) in [6.45, 7) is 5.31. The molecule has 0 atom stereocenters. The molecule has 1 saturated heterocycles. The standard InChI is InChI=1S/C22H23BrN2O3/c23-20-5-6-21-18(12-20)11-19(15-28-21)22(26)24-13-16-1-3-17(4-2-16)14-25-7-9-27-10-8-25/h1-6,11-12H,7-10,13-15H2,(H,24,26). The van der Waals surface area contributed by atoms with E-state index in [1.807, 2.05) is 24.3 Å². The maximum absolute atomic E-state index is 12.5. The fraction of sp³-hybridized carbons (Fsp3) is 0.318. The van der Waals surface area contributed by atoms with Crippen molar-refractivity contribution in [2.45, 2.75) is 13.1 Å². The van der Waals surface area contributed by atoms with Gasteiger partial charge in [-0.1, -0.05) is 40.2 Å². The second-order valence-electron chi connectivity index (χ2n) is 7.03. The van der Waals surface area contributed by atoms with Crippen LogP contribution in [0, 0.1) is 0 Å². The topological polar surface area (TPSA) is 50.8 Å². The van der Waals surface area contributed by atoms with E-state index >= 15 is 0 Å². The fourth-order valence-corrected chi connectivity index (χ4v) is 3.73. The van der Waals surface area contributed by atoms with E-state index in [1.165, 1.54) is 5.56 Å². The van der Waals surface area contributed by atoms with Gasteiger partial charge in [-0.25, -0.2) is 0 Å². The summed E-state index contributed by atoms with van der Waals surface area (Å²) in [4.78, 5) is 14.9. The number of benzene rings is 2. The number of morpholine rings is 1. The van der Waals surface area contributed by atoms with E-state index in [2.05, 4.69) is 50.4 Å². The highest BCUT2D eigenvalue weighted by Gasteiger charge is 2.17. The Hall–Kier alpha value is -2.15. The Kier molecular flexibility index (Phi) is 6.10. The number of ether oxygens (including phenoxy) is 2. The van der Waals surface area contributed by atoms with Gasteiger partial charge in [-0.3, -0.25) is 9.69 Å². The highest BCUT2D eigenvalue weighted by atomic mass is 79.9. The molecule has 2 aromatic carbocycles. The molecule has 4 rings (SSSR count). The molecule has 5 nitrogen and oxygen atoms in total. The summed E-state index contributed by atoms with van der Waals surface area (Å²) in [7, 11) is 0. The fourth-order valence-electron chi connectivity index (χ4n) is 3.36. The molecule has 0 aromatic heterocycles. The van der Waals surface area contributed by atoms with Crippen molar-refractivity contribution in [3.63, 3.8) is 0 Å². The lowest BCUT2D eigenvalue weighted by molar-refractivity contribution is -0.117. The maximum Gasteiger partial charge on any atom is 0.250 e. The van der Waals surface area contributed by atoms with Crippen LogP contribution in [0.1, 0.15) is 16.7 Å². The van der Waals surface area contributed by atoms with E-state index in [0.717, 1.165) is 54.2 Å². The average molecular weight is 443 g/mol. The Balaban J connectivity index is 1.32. The van der Waals surface area contributed by atoms with Crippen LogP contribution in [0.25, 0.3) is 6.08 Å². The Morgan fingerprint density at radius 2 is 1.82 bits per heavy atom. The highest BCUT2D eigenvalue weighted by Crippen LogP contribution is 2.29. The lowest BCUT2D eigenvalue weighted by Crippen LogP contribution is -2.35. The van der Waals surface area contributed by atoms with Gasteiger partial charge in [-0.2, -0.15) is 0 Å². The number of amides is 1. The number of carbonyl (C=O) groups is 1. The van der Waals surface area contributed by atoms with E-state index in [9.17, 15) is 4.79 Å². The minimum Gasteiger partial charge on any atom is -0.488 e. The van der Waals surface area contributed by atoms with Gasteiger partial charge in [0.15, 0.2) is 0 Å². The molecule has 0 radical (unpaired) electrons. The molecule has 28 heavy (non-hydrogen) atoms. The third kappa shape index (κ3) is 4.82. The first-order chi connectivity index (χ1) is 13.7. The SMILES string of the molecule is O=C(NCc1ccc(CN2CCOCC2)cc1)C1=Cc2cc(Br)ccc2OC1. The van der Waals surface area contributed by atoms with Crippen molar-refractivity contribution >= 4 is 27.9 Å². The first kappa shape index (κ1) is 19.2. The van der Waals surface area contributed by atoms with Crippen LogP contribution < -0.4 is 10.1 Å². The normalized spacial score (nSPS) is 16.7. The number of hydrogen-bond donors (Lipinski definition) is 1. The predicted molar refractivity (Wildman–Crippen MR) is 112 cm³/mol. The molecular weight excluding hydrogens is 420 g/mol. The van der Waals surface area contributed by atoms with Gasteiger partial charge in [0.1, 0.15) is 12.4 Å². The third-order valence-electron chi connectivity index (χ3n) is 4.96. The van der Waals surface area contributed by atoms with Crippen LogP contribution in [0.2, 0.25) is 0 Å². The number of rotatable bonds is 5. The van der Waals surface area contributed by atoms with Crippen molar-refractivity contribution in [1.29, 1.82) is 0 Å². The number of halogens is 1. The van der Waals surface area contributed by atoms with Crippen molar-refractivity contribution in [3.05, 3.63) is 69.2 Å². The summed E-state index contributed by atoms with van der Waals surface area (Å²) in [5.74, 6) is 0.707. The van der Waals surface area contributed by atoms with Gasteiger partial charge in [0.25, 0.3) is 5.91 Å². The molecule has 1 amide bonds. The molecule has 0 unspecified atom stereocenters. The first-order valence-corrected chi connectivity index (χ1v) is 10.3. The zero-order chi connectivity index (χ0) is 19.3. The van der Waals surface area contributed by atoms with E-state index in [1.54, 1.807) is 0 Å². The minimum absolute atomic E-state index is 0.0944. The highest BCUT2D eigenvalue weighted by molar-refractivity contribution is 9.10. The number of hydrogen-bond acceptors (Lipinski definition) is 4. The summed E-state index contributed by atoms with van der Waals surface area (Å²) in [6, 6.07) is 14.2. The Morgan fingerprint density at radius 3 is 2.61 bits per heavy atom. The van der Waals surface area contributed by atoms with Crippen molar-refractivity contribution in [3.8, 4) is 5.75 Å². The van der Waals surface area contributed by atoms with Gasteiger partial charge in [-0.05, 0) is 35.4 Å². The molecule has 1 N–H and O–H groups in total. The van der Waals surface area contributed by atoms with Crippen LogP contribution >= 0.6 is 15.9 Å². The molecule has 6 heteroatoms. The van der Waals surface area contributed by atoms with Crippen molar-refractivity contribution in [2.75, 3.05) is 32.9 Å². The largest absolute Gasteiger partial charge is 0.488 e. The Bertz CT molecular complexity index is 874. The quantitative estimate of drug-likeness (QED) is 0.770. The van der Waals surface area contributed by atoms with E-state index in [4.69, 9.17) is 9.47 Å².